The highest BCUT2D eigenvalue weighted by Crippen LogP contribution is 2.44. The molecule has 4 rings (SSSR count). The number of benzene rings is 3. The fourth-order valence-electron chi connectivity index (χ4n) is 4.19. The summed E-state index contributed by atoms with van der Waals surface area (Å²) in [6.45, 7) is 4.71. The van der Waals surface area contributed by atoms with Gasteiger partial charge in [-0.25, -0.2) is 0 Å². The molecule has 0 saturated carbocycles. The molecule has 1 saturated heterocycles. The van der Waals surface area contributed by atoms with Crippen molar-refractivity contribution in [2.24, 2.45) is 0 Å². The Morgan fingerprint density at radius 1 is 1.03 bits per heavy atom. The van der Waals surface area contributed by atoms with Gasteiger partial charge in [-0.3, -0.25) is 14.5 Å². The number of halogens is 1. The number of amides is 1. The molecule has 37 heavy (non-hydrogen) atoms. The topological polar surface area (TPSA) is 99.9 Å². The molecule has 1 atom stereocenters. The molecule has 1 aliphatic rings. The standard InChI is InChI=1S/C29H25ClN2O5/c1-3-14-37-21-7-5-6-19(15-21)26-25(27(33)23-16-22(36-4-2)12-13-24(23)30)28(34)29(35)32(26)20-10-8-18(17-31)9-11-20/h5-13,15-16,26,33H,3-4,14H2,1-2H3/b27-25+. The van der Waals surface area contributed by atoms with Crippen LogP contribution >= 0.6 is 11.6 Å². The second-order valence-corrected chi connectivity index (χ2v) is 8.73. The van der Waals surface area contributed by atoms with E-state index in [0.717, 1.165) is 6.42 Å². The average Bonchev–Trinajstić information content (AvgIpc) is 3.18. The highest BCUT2D eigenvalue weighted by Gasteiger charge is 2.47. The van der Waals surface area contributed by atoms with Gasteiger partial charge in [0.2, 0.25) is 0 Å². The van der Waals surface area contributed by atoms with Crippen LogP contribution in [0, 0.1) is 11.3 Å². The quantitative estimate of drug-likeness (QED) is 0.223. The summed E-state index contributed by atoms with van der Waals surface area (Å²) in [6.07, 6.45) is 0.808. The van der Waals surface area contributed by atoms with Crippen molar-refractivity contribution < 1.29 is 24.2 Å². The van der Waals surface area contributed by atoms with Crippen molar-refractivity contribution in [2.75, 3.05) is 18.1 Å². The van der Waals surface area contributed by atoms with Crippen molar-refractivity contribution in [2.45, 2.75) is 26.3 Å². The van der Waals surface area contributed by atoms with Gasteiger partial charge in [0.25, 0.3) is 11.7 Å². The van der Waals surface area contributed by atoms with E-state index >= 15 is 0 Å². The average molecular weight is 517 g/mol. The minimum absolute atomic E-state index is 0.113. The van der Waals surface area contributed by atoms with Crippen LogP contribution in [0.4, 0.5) is 5.69 Å². The molecule has 7 nitrogen and oxygen atoms in total. The van der Waals surface area contributed by atoms with Crippen LogP contribution in [0.25, 0.3) is 5.76 Å². The van der Waals surface area contributed by atoms with E-state index in [-0.39, 0.29) is 16.2 Å². The minimum Gasteiger partial charge on any atom is -0.507 e. The number of aliphatic hydroxyl groups excluding tert-OH is 1. The Morgan fingerprint density at radius 3 is 2.43 bits per heavy atom. The molecular formula is C29H25ClN2O5. The molecular weight excluding hydrogens is 492 g/mol. The summed E-state index contributed by atoms with van der Waals surface area (Å²) in [6, 6.07) is 19.2. The molecule has 3 aromatic carbocycles. The summed E-state index contributed by atoms with van der Waals surface area (Å²) in [7, 11) is 0. The summed E-state index contributed by atoms with van der Waals surface area (Å²) in [5, 5.41) is 20.8. The molecule has 0 aliphatic carbocycles. The number of ether oxygens (including phenoxy) is 2. The molecule has 0 radical (unpaired) electrons. The third-order valence-corrected chi connectivity index (χ3v) is 6.20. The van der Waals surface area contributed by atoms with Gasteiger partial charge in [0.15, 0.2) is 0 Å². The van der Waals surface area contributed by atoms with Gasteiger partial charge in [0.1, 0.15) is 17.3 Å². The van der Waals surface area contributed by atoms with Crippen molar-refractivity contribution in [1.82, 2.24) is 0 Å². The number of carbonyl (C=O) groups excluding carboxylic acids is 2. The highest BCUT2D eigenvalue weighted by molar-refractivity contribution is 6.52. The van der Waals surface area contributed by atoms with Crippen LogP contribution in [0.2, 0.25) is 5.02 Å². The molecule has 0 bridgehead atoms. The lowest BCUT2D eigenvalue weighted by Crippen LogP contribution is -2.29. The summed E-state index contributed by atoms with van der Waals surface area (Å²) >= 11 is 6.41. The molecule has 188 valence electrons. The molecule has 1 heterocycles. The Hall–Kier alpha value is -4.28. The summed E-state index contributed by atoms with van der Waals surface area (Å²) in [5.41, 5.74) is 1.44. The molecule has 0 spiro atoms. The summed E-state index contributed by atoms with van der Waals surface area (Å²) in [4.78, 5) is 28.1. The van der Waals surface area contributed by atoms with E-state index in [2.05, 4.69) is 0 Å². The van der Waals surface area contributed by atoms with E-state index < -0.39 is 23.5 Å². The number of rotatable bonds is 8. The van der Waals surface area contributed by atoms with Crippen LogP contribution in [-0.2, 0) is 9.59 Å². The molecule has 1 aliphatic heterocycles. The first-order valence-electron chi connectivity index (χ1n) is 11.9. The minimum atomic E-state index is -0.968. The van der Waals surface area contributed by atoms with E-state index in [1.807, 2.05) is 19.9 Å². The predicted octanol–water partition coefficient (Wildman–Crippen LogP) is 6.03. The first-order chi connectivity index (χ1) is 17.9. The summed E-state index contributed by atoms with van der Waals surface area (Å²) < 4.78 is 11.3. The first-order valence-corrected chi connectivity index (χ1v) is 12.2. The second kappa shape index (κ2) is 11.2. The Balaban J connectivity index is 1.93. The Bertz CT molecular complexity index is 1410. The van der Waals surface area contributed by atoms with Crippen LogP contribution in [0.3, 0.4) is 0 Å². The Labute approximate surface area is 220 Å². The third kappa shape index (κ3) is 5.16. The maximum atomic E-state index is 13.4. The largest absolute Gasteiger partial charge is 0.507 e. The summed E-state index contributed by atoms with van der Waals surface area (Å²) in [5.74, 6) is -1.05. The first kappa shape index (κ1) is 25.8. The molecule has 8 heteroatoms. The van der Waals surface area contributed by atoms with Gasteiger partial charge in [-0.2, -0.15) is 5.26 Å². The SMILES string of the molecule is CCCOc1cccc(C2/C(=C(\O)c3cc(OCC)ccc3Cl)C(=O)C(=O)N2c2ccc(C#N)cc2)c1. The fourth-order valence-corrected chi connectivity index (χ4v) is 4.40. The van der Waals surface area contributed by atoms with Crippen molar-refractivity contribution in [3.05, 3.63) is 94.0 Å². The van der Waals surface area contributed by atoms with Crippen LogP contribution in [0.5, 0.6) is 11.5 Å². The number of hydrogen-bond donors (Lipinski definition) is 1. The zero-order valence-electron chi connectivity index (χ0n) is 20.4. The third-order valence-electron chi connectivity index (χ3n) is 5.87. The number of Topliss-reactive ketones (excluding diaryl/α,β-unsaturated/α-hetero) is 1. The molecule has 3 aromatic rings. The number of hydrogen-bond acceptors (Lipinski definition) is 6. The number of aliphatic hydroxyl groups is 1. The van der Waals surface area contributed by atoms with Gasteiger partial charge in [0, 0.05) is 11.3 Å². The maximum absolute atomic E-state index is 13.4. The van der Waals surface area contributed by atoms with E-state index in [1.165, 1.54) is 11.0 Å². The van der Waals surface area contributed by atoms with Crippen LogP contribution in [0.1, 0.15) is 43.0 Å². The fraction of sp³-hybridized carbons (Fsp3) is 0.207. The molecule has 1 unspecified atom stereocenters. The van der Waals surface area contributed by atoms with Crippen LogP contribution < -0.4 is 14.4 Å². The molecule has 1 N–H and O–H groups in total. The van der Waals surface area contributed by atoms with Crippen molar-refractivity contribution in [3.63, 3.8) is 0 Å². The molecule has 0 aromatic heterocycles. The lowest BCUT2D eigenvalue weighted by atomic mass is 9.94. The van der Waals surface area contributed by atoms with Crippen LogP contribution in [0.15, 0.2) is 72.3 Å². The normalized spacial score (nSPS) is 16.5. The predicted molar refractivity (Wildman–Crippen MR) is 141 cm³/mol. The Morgan fingerprint density at radius 2 is 1.76 bits per heavy atom. The van der Waals surface area contributed by atoms with Gasteiger partial charge >= 0.3 is 0 Å². The van der Waals surface area contributed by atoms with Crippen molar-refractivity contribution in [3.8, 4) is 17.6 Å². The van der Waals surface area contributed by atoms with Gasteiger partial charge in [-0.1, -0.05) is 30.7 Å². The second-order valence-electron chi connectivity index (χ2n) is 8.32. The molecule has 1 fully saturated rings. The van der Waals surface area contributed by atoms with E-state index in [4.69, 9.17) is 21.1 Å². The zero-order chi connectivity index (χ0) is 26.5. The van der Waals surface area contributed by atoms with Gasteiger partial charge < -0.3 is 14.6 Å². The highest BCUT2D eigenvalue weighted by atomic mass is 35.5. The monoisotopic (exact) mass is 516 g/mol. The van der Waals surface area contributed by atoms with Crippen LogP contribution in [-0.4, -0.2) is 30.0 Å². The lowest BCUT2D eigenvalue weighted by molar-refractivity contribution is -0.132. The maximum Gasteiger partial charge on any atom is 0.300 e. The van der Waals surface area contributed by atoms with Gasteiger partial charge in [-0.15, -0.1) is 0 Å². The number of nitrogens with zero attached hydrogens (tertiary/aromatic N) is 2. The lowest BCUT2D eigenvalue weighted by Gasteiger charge is -2.26. The van der Waals surface area contributed by atoms with Crippen molar-refractivity contribution >= 4 is 34.7 Å². The van der Waals surface area contributed by atoms with Crippen molar-refractivity contribution in [1.29, 1.82) is 5.26 Å². The smallest absolute Gasteiger partial charge is 0.300 e. The Kier molecular flexibility index (Phi) is 7.80. The van der Waals surface area contributed by atoms with Gasteiger partial charge in [0.05, 0.1) is 41.5 Å². The zero-order valence-corrected chi connectivity index (χ0v) is 21.2. The van der Waals surface area contributed by atoms with E-state index in [0.29, 0.717) is 41.5 Å². The number of carbonyl (C=O) groups is 2. The van der Waals surface area contributed by atoms with E-state index in [9.17, 15) is 20.0 Å². The van der Waals surface area contributed by atoms with Gasteiger partial charge in [-0.05, 0) is 73.5 Å². The van der Waals surface area contributed by atoms with E-state index in [1.54, 1.807) is 60.7 Å². The number of nitriles is 1. The number of ketones is 1. The molecule has 1 amide bonds. The number of anilines is 1.